The number of carbonyl (C=O) groups is 1. The van der Waals surface area contributed by atoms with Gasteiger partial charge in [0, 0.05) is 32.4 Å². The van der Waals surface area contributed by atoms with Gasteiger partial charge in [-0.3, -0.25) is 0 Å². The second kappa shape index (κ2) is 6.39. The fraction of sp³-hybridized carbons (Fsp3) is 0.545. The van der Waals surface area contributed by atoms with Crippen LogP contribution in [0.1, 0.15) is 6.92 Å². The quantitative estimate of drug-likeness (QED) is 0.657. The molecule has 0 N–H and O–H groups in total. The van der Waals surface area contributed by atoms with Gasteiger partial charge in [-0.2, -0.15) is 10.5 Å². The number of nitriles is 2. The van der Waals surface area contributed by atoms with E-state index < -0.39 is 0 Å². The highest BCUT2D eigenvalue weighted by molar-refractivity contribution is 5.67. The minimum absolute atomic E-state index is 0.0783. The Morgan fingerprint density at radius 1 is 1.29 bits per heavy atom. The first-order chi connectivity index (χ1) is 8.21. The highest BCUT2D eigenvalue weighted by atomic mass is 16.6. The number of carbonyl (C=O) groups excluding carboxylic acids is 1. The van der Waals surface area contributed by atoms with Crippen LogP contribution in [0.25, 0.3) is 0 Å². The average molecular weight is 234 g/mol. The molecule has 0 atom stereocenters. The number of hydrogen-bond acceptors (Lipinski definition) is 5. The molecular weight excluding hydrogens is 220 g/mol. The van der Waals surface area contributed by atoms with E-state index in [-0.39, 0.29) is 11.7 Å². The molecular formula is C11H14N4O2. The second-order valence-electron chi connectivity index (χ2n) is 3.49. The number of amides is 1. The molecule has 0 aromatic carbocycles. The molecule has 0 unspecified atom stereocenters. The van der Waals surface area contributed by atoms with Crippen molar-refractivity contribution in [1.29, 1.82) is 10.5 Å². The van der Waals surface area contributed by atoms with Crippen molar-refractivity contribution in [3.05, 3.63) is 11.8 Å². The molecule has 1 saturated heterocycles. The van der Waals surface area contributed by atoms with Gasteiger partial charge in [-0.15, -0.1) is 0 Å². The molecule has 1 aliphatic heterocycles. The van der Waals surface area contributed by atoms with Crippen molar-refractivity contribution in [3.8, 4) is 12.1 Å². The Morgan fingerprint density at radius 2 is 1.88 bits per heavy atom. The van der Waals surface area contributed by atoms with Crippen molar-refractivity contribution < 1.29 is 9.53 Å². The zero-order valence-corrected chi connectivity index (χ0v) is 9.72. The van der Waals surface area contributed by atoms with Gasteiger partial charge in [0.1, 0.15) is 17.7 Å². The molecule has 1 aliphatic rings. The fourth-order valence-electron chi connectivity index (χ4n) is 1.51. The molecule has 1 fully saturated rings. The summed E-state index contributed by atoms with van der Waals surface area (Å²) in [7, 11) is 0. The zero-order chi connectivity index (χ0) is 12.7. The lowest BCUT2D eigenvalue weighted by atomic mass is 10.3. The van der Waals surface area contributed by atoms with Gasteiger partial charge in [0.2, 0.25) is 0 Å². The monoisotopic (exact) mass is 234 g/mol. The molecule has 1 amide bonds. The van der Waals surface area contributed by atoms with E-state index in [0.29, 0.717) is 32.8 Å². The molecule has 0 bridgehead atoms. The Bertz CT molecular complexity index is 367. The molecule has 0 aromatic rings. The average Bonchev–Trinajstić information content (AvgIpc) is 2.37. The van der Waals surface area contributed by atoms with Crippen LogP contribution in [-0.4, -0.2) is 48.7 Å². The van der Waals surface area contributed by atoms with Crippen molar-refractivity contribution in [2.24, 2.45) is 0 Å². The zero-order valence-electron chi connectivity index (χ0n) is 9.72. The van der Waals surface area contributed by atoms with Crippen molar-refractivity contribution in [2.75, 3.05) is 32.8 Å². The van der Waals surface area contributed by atoms with E-state index in [1.165, 1.54) is 6.20 Å². The minimum atomic E-state index is -0.308. The molecule has 0 spiro atoms. The summed E-state index contributed by atoms with van der Waals surface area (Å²) in [6.45, 7) is 4.42. The Morgan fingerprint density at radius 3 is 2.35 bits per heavy atom. The lowest BCUT2D eigenvalue weighted by Gasteiger charge is -2.33. The van der Waals surface area contributed by atoms with Crippen LogP contribution < -0.4 is 0 Å². The van der Waals surface area contributed by atoms with Crippen molar-refractivity contribution in [1.82, 2.24) is 9.80 Å². The third kappa shape index (κ3) is 3.69. The van der Waals surface area contributed by atoms with E-state index in [2.05, 4.69) is 0 Å². The van der Waals surface area contributed by atoms with Crippen LogP contribution in [0.15, 0.2) is 11.8 Å². The van der Waals surface area contributed by atoms with E-state index in [1.807, 2.05) is 4.90 Å². The first kappa shape index (κ1) is 12.9. The van der Waals surface area contributed by atoms with Crippen molar-refractivity contribution in [2.45, 2.75) is 6.92 Å². The van der Waals surface area contributed by atoms with Crippen LogP contribution in [0, 0.1) is 22.7 Å². The molecule has 1 rings (SSSR count). The van der Waals surface area contributed by atoms with Gasteiger partial charge in [0.05, 0.1) is 6.61 Å². The van der Waals surface area contributed by atoms with Gasteiger partial charge >= 0.3 is 6.09 Å². The topological polar surface area (TPSA) is 80.4 Å². The van der Waals surface area contributed by atoms with E-state index in [4.69, 9.17) is 15.3 Å². The fourth-order valence-corrected chi connectivity index (χ4v) is 1.51. The summed E-state index contributed by atoms with van der Waals surface area (Å²) >= 11 is 0. The second-order valence-corrected chi connectivity index (χ2v) is 3.49. The lowest BCUT2D eigenvalue weighted by Crippen LogP contribution is -2.47. The molecule has 6 nitrogen and oxygen atoms in total. The predicted molar refractivity (Wildman–Crippen MR) is 59.5 cm³/mol. The minimum Gasteiger partial charge on any atom is -0.450 e. The van der Waals surface area contributed by atoms with E-state index in [0.717, 1.165) is 0 Å². The van der Waals surface area contributed by atoms with Gasteiger partial charge in [-0.05, 0) is 6.92 Å². The van der Waals surface area contributed by atoms with Gasteiger partial charge < -0.3 is 14.5 Å². The van der Waals surface area contributed by atoms with E-state index in [9.17, 15) is 4.79 Å². The normalized spacial score (nSPS) is 14.5. The molecule has 0 aliphatic carbocycles. The van der Waals surface area contributed by atoms with Crippen molar-refractivity contribution in [3.63, 3.8) is 0 Å². The van der Waals surface area contributed by atoms with Crippen LogP contribution >= 0.6 is 0 Å². The Kier molecular flexibility index (Phi) is 4.83. The third-order valence-electron chi connectivity index (χ3n) is 2.39. The number of rotatable bonds is 2. The molecule has 0 aromatic heterocycles. The highest BCUT2D eigenvalue weighted by Crippen LogP contribution is 2.05. The maximum Gasteiger partial charge on any atom is 0.409 e. The molecule has 90 valence electrons. The maximum atomic E-state index is 11.4. The number of ether oxygens (including phenoxy) is 1. The van der Waals surface area contributed by atoms with Crippen LogP contribution in [0.3, 0.4) is 0 Å². The molecule has 0 radical (unpaired) electrons. The molecule has 1 heterocycles. The first-order valence-corrected chi connectivity index (χ1v) is 5.39. The Labute approximate surface area is 100 Å². The van der Waals surface area contributed by atoms with Gasteiger partial charge in [-0.1, -0.05) is 0 Å². The van der Waals surface area contributed by atoms with Gasteiger partial charge in [-0.25, -0.2) is 4.79 Å². The highest BCUT2D eigenvalue weighted by Gasteiger charge is 2.20. The van der Waals surface area contributed by atoms with Gasteiger partial charge in [0.15, 0.2) is 0 Å². The number of piperazine rings is 1. The van der Waals surface area contributed by atoms with Crippen LogP contribution in [0.4, 0.5) is 4.79 Å². The first-order valence-electron chi connectivity index (χ1n) is 5.39. The maximum absolute atomic E-state index is 11.4. The number of nitrogens with zero attached hydrogens (tertiary/aromatic N) is 4. The molecule has 6 heteroatoms. The van der Waals surface area contributed by atoms with E-state index in [1.54, 1.807) is 24.0 Å². The number of hydrogen-bond donors (Lipinski definition) is 0. The van der Waals surface area contributed by atoms with E-state index >= 15 is 0 Å². The summed E-state index contributed by atoms with van der Waals surface area (Å²) in [4.78, 5) is 14.9. The van der Waals surface area contributed by atoms with Crippen molar-refractivity contribution >= 4 is 6.09 Å². The Balaban J connectivity index is 2.47. The summed E-state index contributed by atoms with van der Waals surface area (Å²) in [6, 6.07) is 3.61. The van der Waals surface area contributed by atoms with Crippen LogP contribution in [0.5, 0.6) is 0 Å². The molecule has 0 saturated carbocycles. The standard InChI is InChI=1S/C11H14N4O2/c1-2-17-11(16)15-5-3-14(4-6-15)9-10(7-12)8-13/h9H,2-6H2,1H3. The summed E-state index contributed by atoms with van der Waals surface area (Å²) in [5.41, 5.74) is 0.0783. The Hall–Kier alpha value is -2.21. The lowest BCUT2D eigenvalue weighted by molar-refractivity contribution is 0.0890. The SMILES string of the molecule is CCOC(=O)N1CCN(C=C(C#N)C#N)CC1. The predicted octanol–water partition coefficient (Wildman–Crippen LogP) is 0.692. The summed E-state index contributed by atoms with van der Waals surface area (Å²) < 4.78 is 4.89. The smallest absolute Gasteiger partial charge is 0.409 e. The summed E-state index contributed by atoms with van der Waals surface area (Å²) in [5.74, 6) is 0. The largest absolute Gasteiger partial charge is 0.450 e. The summed E-state index contributed by atoms with van der Waals surface area (Å²) in [6.07, 6.45) is 1.22. The molecule has 17 heavy (non-hydrogen) atoms. The number of allylic oxidation sites excluding steroid dienone is 1. The third-order valence-corrected chi connectivity index (χ3v) is 2.39. The summed E-state index contributed by atoms with van der Waals surface area (Å²) in [5, 5.41) is 17.2. The van der Waals surface area contributed by atoms with Gasteiger partial charge in [0.25, 0.3) is 0 Å². The van der Waals surface area contributed by atoms with Crippen LogP contribution in [-0.2, 0) is 4.74 Å². The van der Waals surface area contributed by atoms with Crippen LogP contribution in [0.2, 0.25) is 0 Å².